The molecule has 166 valence electrons. The van der Waals surface area contributed by atoms with Gasteiger partial charge in [0, 0.05) is 51.0 Å². The van der Waals surface area contributed by atoms with Crippen LogP contribution in [0.15, 0.2) is 48.5 Å². The molecule has 4 rings (SSSR count). The summed E-state index contributed by atoms with van der Waals surface area (Å²) in [6, 6.07) is 12.9. The summed E-state index contributed by atoms with van der Waals surface area (Å²) < 4.78 is 39.1. The van der Waals surface area contributed by atoms with Crippen molar-refractivity contribution in [2.75, 3.05) is 44.2 Å². The van der Waals surface area contributed by atoms with E-state index >= 15 is 0 Å². The number of rotatable bonds is 3. The molecule has 0 radical (unpaired) electrons. The fourth-order valence-electron chi connectivity index (χ4n) is 4.47. The standard InChI is InChI=1S/C23H25ClF3N3O/c24-21-9-2-1-8-20(21)22(31)30-10-4-7-19(16-30)29-13-11-28(12-14-29)18-6-3-5-17(15-18)23(25,26)27/h1-3,5-6,8-9,15,19H,4,7,10-14,16H2. The molecule has 2 aliphatic heterocycles. The molecule has 0 saturated carbocycles. The molecule has 2 saturated heterocycles. The molecule has 0 spiro atoms. The molecule has 1 amide bonds. The smallest absolute Gasteiger partial charge is 0.369 e. The Morgan fingerprint density at radius 3 is 2.42 bits per heavy atom. The lowest BCUT2D eigenvalue weighted by molar-refractivity contribution is -0.137. The van der Waals surface area contributed by atoms with Crippen LogP contribution in [0.1, 0.15) is 28.8 Å². The third-order valence-electron chi connectivity index (χ3n) is 6.16. The van der Waals surface area contributed by atoms with Crippen LogP contribution in [0.25, 0.3) is 0 Å². The summed E-state index contributed by atoms with van der Waals surface area (Å²) in [7, 11) is 0. The minimum Gasteiger partial charge on any atom is -0.369 e. The summed E-state index contributed by atoms with van der Waals surface area (Å²) in [5.74, 6) is -0.0436. The van der Waals surface area contributed by atoms with E-state index in [-0.39, 0.29) is 11.9 Å². The van der Waals surface area contributed by atoms with Gasteiger partial charge in [-0.2, -0.15) is 13.2 Å². The van der Waals surface area contributed by atoms with Gasteiger partial charge in [0.15, 0.2) is 0 Å². The van der Waals surface area contributed by atoms with E-state index in [1.54, 1.807) is 18.2 Å². The number of carbonyl (C=O) groups excluding carboxylic acids is 1. The Morgan fingerprint density at radius 1 is 0.968 bits per heavy atom. The van der Waals surface area contributed by atoms with Crippen molar-refractivity contribution in [2.24, 2.45) is 0 Å². The van der Waals surface area contributed by atoms with E-state index in [2.05, 4.69) is 4.90 Å². The van der Waals surface area contributed by atoms with Gasteiger partial charge >= 0.3 is 6.18 Å². The molecule has 2 aromatic rings. The Morgan fingerprint density at radius 2 is 1.71 bits per heavy atom. The maximum absolute atomic E-state index is 13.0. The number of halogens is 4. The molecule has 0 bridgehead atoms. The summed E-state index contributed by atoms with van der Waals surface area (Å²) in [5.41, 5.74) is 0.515. The van der Waals surface area contributed by atoms with E-state index in [0.717, 1.165) is 32.0 Å². The topological polar surface area (TPSA) is 26.8 Å². The van der Waals surface area contributed by atoms with E-state index in [1.165, 1.54) is 12.1 Å². The van der Waals surface area contributed by atoms with Crippen molar-refractivity contribution in [3.63, 3.8) is 0 Å². The number of hydrogen-bond acceptors (Lipinski definition) is 3. The van der Waals surface area contributed by atoms with Crippen LogP contribution in [-0.4, -0.2) is 61.0 Å². The summed E-state index contributed by atoms with van der Waals surface area (Å²) in [4.78, 5) is 19.1. The Kier molecular flexibility index (Phi) is 6.44. The molecule has 31 heavy (non-hydrogen) atoms. The van der Waals surface area contributed by atoms with Crippen LogP contribution >= 0.6 is 11.6 Å². The number of hydrogen-bond donors (Lipinski definition) is 0. The largest absolute Gasteiger partial charge is 0.416 e. The summed E-state index contributed by atoms with van der Waals surface area (Å²) >= 11 is 6.20. The number of anilines is 1. The van der Waals surface area contributed by atoms with Crippen molar-refractivity contribution in [1.82, 2.24) is 9.80 Å². The first kappa shape index (κ1) is 22.0. The van der Waals surface area contributed by atoms with Crippen molar-refractivity contribution < 1.29 is 18.0 Å². The van der Waals surface area contributed by atoms with Gasteiger partial charge in [-0.1, -0.05) is 29.8 Å². The highest BCUT2D eigenvalue weighted by molar-refractivity contribution is 6.33. The second-order valence-electron chi connectivity index (χ2n) is 8.10. The second kappa shape index (κ2) is 9.09. The quantitative estimate of drug-likeness (QED) is 0.671. The lowest BCUT2D eigenvalue weighted by Crippen LogP contribution is -2.55. The summed E-state index contributed by atoms with van der Waals surface area (Å²) in [6.07, 6.45) is -2.40. The highest BCUT2D eigenvalue weighted by Crippen LogP contribution is 2.32. The first-order valence-corrected chi connectivity index (χ1v) is 10.9. The minimum atomic E-state index is -4.34. The van der Waals surface area contributed by atoms with Crippen molar-refractivity contribution in [3.8, 4) is 0 Å². The van der Waals surface area contributed by atoms with Gasteiger partial charge < -0.3 is 9.80 Å². The van der Waals surface area contributed by atoms with Crippen molar-refractivity contribution >= 4 is 23.2 Å². The Balaban J connectivity index is 1.37. The van der Waals surface area contributed by atoms with Crippen molar-refractivity contribution in [3.05, 3.63) is 64.7 Å². The molecule has 2 aromatic carbocycles. The Labute approximate surface area is 185 Å². The molecule has 2 aliphatic rings. The SMILES string of the molecule is O=C(c1ccccc1Cl)N1CCCC(N2CCN(c3cccc(C(F)(F)F)c3)CC2)C1. The van der Waals surface area contributed by atoms with Gasteiger partial charge in [-0.3, -0.25) is 9.69 Å². The number of piperidine rings is 1. The minimum absolute atomic E-state index is 0.0436. The summed E-state index contributed by atoms with van der Waals surface area (Å²) in [5, 5.41) is 0.462. The second-order valence-corrected chi connectivity index (χ2v) is 8.51. The first-order valence-electron chi connectivity index (χ1n) is 10.5. The van der Waals surface area contributed by atoms with Gasteiger partial charge in [0.05, 0.1) is 16.1 Å². The third kappa shape index (κ3) is 4.99. The number of amides is 1. The van der Waals surface area contributed by atoms with Gasteiger partial charge in [-0.25, -0.2) is 0 Å². The van der Waals surface area contributed by atoms with Gasteiger partial charge in [0.1, 0.15) is 0 Å². The summed E-state index contributed by atoms with van der Waals surface area (Å²) in [6.45, 7) is 4.20. The maximum atomic E-state index is 13.0. The third-order valence-corrected chi connectivity index (χ3v) is 6.49. The highest BCUT2D eigenvalue weighted by Gasteiger charge is 2.33. The molecule has 4 nitrogen and oxygen atoms in total. The van der Waals surface area contributed by atoms with Gasteiger partial charge in [-0.15, -0.1) is 0 Å². The zero-order valence-corrected chi connectivity index (χ0v) is 17.9. The maximum Gasteiger partial charge on any atom is 0.416 e. The Hall–Kier alpha value is -2.25. The molecular formula is C23H25ClF3N3O. The van der Waals surface area contributed by atoms with Crippen LogP contribution in [0.3, 0.4) is 0 Å². The van der Waals surface area contributed by atoms with Gasteiger partial charge in [0.2, 0.25) is 0 Å². The number of benzene rings is 2. The fourth-order valence-corrected chi connectivity index (χ4v) is 4.68. The normalized spacial score (nSPS) is 20.7. The average molecular weight is 452 g/mol. The van der Waals surface area contributed by atoms with Crippen LogP contribution in [0.4, 0.5) is 18.9 Å². The molecule has 0 aliphatic carbocycles. The molecule has 0 aromatic heterocycles. The highest BCUT2D eigenvalue weighted by atomic mass is 35.5. The molecule has 0 N–H and O–H groups in total. The van der Waals surface area contributed by atoms with Crippen molar-refractivity contribution in [1.29, 1.82) is 0 Å². The van der Waals surface area contributed by atoms with E-state index in [9.17, 15) is 18.0 Å². The van der Waals surface area contributed by atoms with Gasteiger partial charge in [0.25, 0.3) is 5.91 Å². The number of likely N-dealkylation sites (tertiary alicyclic amines) is 1. The average Bonchev–Trinajstić information content (AvgIpc) is 2.79. The molecular weight excluding hydrogens is 427 g/mol. The lowest BCUT2D eigenvalue weighted by Gasteiger charge is -2.44. The number of nitrogens with zero attached hydrogens (tertiary/aromatic N) is 3. The van der Waals surface area contributed by atoms with Gasteiger partial charge in [-0.05, 0) is 43.2 Å². The van der Waals surface area contributed by atoms with E-state index in [0.29, 0.717) is 42.5 Å². The molecule has 8 heteroatoms. The first-order chi connectivity index (χ1) is 14.8. The number of piperazine rings is 1. The predicted molar refractivity (Wildman–Crippen MR) is 116 cm³/mol. The fraction of sp³-hybridized carbons (Fsp3) is 0.435. The van der Waals surface area contributed by atoms with Crippen LogP contribution in [0, 0.1) is 0 Å². The number of alkyl halides is 3. The zero-order valence-electron chi connectivity index (χ0n) is 17.1. The number of carbonyl (C=O) groups is 1. The van der Waals surface area contributed by atoms with E-state index in [4.69, 9.17) is 11.6 Å². The van der Waals surface area contributed by atoms with Crippen LogP contribution in [0.2, 0.25) is 5.02 Å². The predicted octanol–water partition coefficient (Wildman–Crippen LogP) is 4.79. The van der Waals surface area contributed by atoms with E-state index < -0.39 is 11.7 Å². The van der Waals surface area contributed by atoms with Crippen LogP contribution in [-0.2, 0) is 6.18 Å². The van der Waals surface area contributed by atoms with Crippen LogP contribution < -0.4 is 4.90 Å². The molecule has 1 atom stereocenters. The monoisotopic (exact) mass is 451 g/mol. The molecule has 1 unspecified atom stereocenters. The zero-order chi connectivity index (χ0) is 22.0. The molecule has 2 heterocycles. The van der Waals surface area contributed by atoms with E-state index in [1.807, 2.05) is 21.9 Å². The lowest BCUT2D eigenvalue weighted by atomic mass is 10.0. The van der Waals surface area contributed by atoms with Crippen LogP contribution in [0.5, 0.6) is 0 Å². The van der Waals surface area contributed by atoms with Crippen molar-refractivity contribution in [2.45, 2.75) is 25.1 Å². The Bertz CT molecular complexity index is 928. The molecule has 2 fully saturated rings.